The first-order valence-electron chi connectivity index (χ1n) is 12.3. The molecule has 1 aromatic heterocycles. The van der Waals surface area contributed by atoms with Crippen molar-refractivity contribution >= 4 is 28.3 Å². The first-order chi connectivity index (χ1) is 15.9. The smallest absolute Gasteiger partial charge is 0.324 e. The Kier molecular flexibility index (Phi) is 9.12. The Morgan fingerprint density at radius 1 is 1.24 bits per heavy atom. The lowest BCUT2D eigenvalue weighted by Crippen LogP contribution is -2.55. The van der Waals surface area contributed by atoms with Gasteiger partial charge in [-0.15, -0.1) is 11.3 Å². The van der Waals surface area contributed by atoms with Crippen molar-refractivity contribution in [3.8, 4) is 6.07 Å². The number of nitrogens with one attached hydrogen (secondary N) is 2. The van der Waals surface area contributed by atoms with Gasteiger partial charge in [-0.3, -0.25) is 9.69 Å². The van der Waals surface area contributed by atoms with Crippen LogP contribution >= 0.6 is 11.3 Å². The van der Waals surface area contributed by atoms with E-state index in [9.17, 15) is 14.9 Å². The van der Waals surface area contributed by atoms with Gasteiger partial charge in [0, 0.05) is 37.1 Å². The monoisotopic (exact) mass is 474 g/mol. The zero-order valence-electron chi connectivity index (χ0n) is 20.2. The molecule has 9 heteroatoms. The number of urea groups is 1. The van der Waals surface area contributed by atoms with E-state index in [-0.39, 0.29) is 29.8 Å². The molecule has 1 aliphatic heterocycles. The number of likely N-dealkylation sites (N-methyl/N-ethyl adjacent to an activating group) is 1. The normalized spacial score (nSPS) is 21.7. The van der Waals surface area contributed by atoms with E-state index in [1.54, 1.807) is 0 Å². The van der Waals surface area contributed by atoms with Crippen LogP contribution in [0.4, 0.5) is 9.80 Å². The number of amides is 3. The van der Waals surface area contributed by atoms with Gasteiger partial charge in [0.05, 0.1) is 11.5 Å². The van der Waals surface area contributed by atoms with E-state index < -0.39 is 0 Å². The summed E-state index contributed by atoms with van der Waals surface area (Å²) in [6.07, 6.45) is 4.06. The summed E-state index contributed by atoms with van der Waals surface area (Å²) >= 11 is 1.52. The maximum atomic E-state index is 13.4. The highest BCUT2D eigenvalue weighted by Gasteiger charge is 2.40. The summed E-state index contributed by atoms with van der Waals surface area (Å²) in [7, 11) is 0. The third kappa shape index (κ3) is 5.86. The van der Waals surface area contributed by atoms with E-state index >= 15 is 0 Å². The minimum Gasteiger partial charge on any atom is -0.389 e. The molecule has 0 radical (unpaired) electrons. The molecule has 33 heavy (non-hydrogen) atoms. The summed E-state index contributed by atoms with van der Waals surface area (Å²) < 4.78 is 0. The van der Waals surface area contributed by atoms with Crippen LogP contribution in [0.25, 0.3) is 0 Å². The molecule has 2 aliphatic rings. The quantitative estimate of drug-likeness (QED) is 0.507. The number of unbranched alkanes of at least 4 members (excludes halogenated alkanes) is 1. The number of thiophene rings is 1. The summed E-state index contributed by atoms with van der Waals surface area (Å²) in [5.41, 5.74) is 7.73. The van der Waals surface area contributed by atoms with Gasteiger partial charge in [0.1, 0.15) is 11.1 Å². The van der Waals surface area contributed by atoms with Crippen LogP contribution in [0, 0.1) is 23.2 Å². The number of nitrogen functional groups attached to an aromatic ring is 1. The van der Waals surface area contributed by atoms with Gasteiger partial charge in [0.2, 0.25) is 5.91 Å². The van der Waals surface area contributed by atoms with Crippen LogP contribution < -0.4 is 16.4 Å². The molecule has 182 valence electrons. The third-order valence-corrected chi connectivity index (χ3v) is 8.16. The van der Waals surface area contributed by atoms with E-state index in [2.05, 4.69) is 42.4 Å². The topological polar surface area (TPSA) is 114 Å². The first-order valence-corrected chi connectivity index (χ1v) is 13.1. The van der Waals surface area contributed by atoms with Crippen LogP contribution in [-0.4, -0.2) is 67.0 Å². The number of carbonyl (C=O) groups excluding carboxylic acids is 2. The van der Waals surface area contributed by atoms with Gasteiger partial charge in [0.25, 0.3) is 0 Å². The van der Waals surface area contributed by atoms with Crippen molar-refractivity contribution in [1.82, 2.24) is 20.4 Å². The van der Waals surface area contributed by atoms with Gasteiger partial charge >= 0.3 is 6.03 Å². The Balaban J connectivity index is 1.64. The van der Waals surface area contributed by atoms with Gasteiger partial charge in [-0.05, 0) is 50.3 Å². The molecule has 0 spiro atoms. The summed E-state index contributed by atoms with van der Waals surface area (Å²) in [5, 5.41) is 16.6. The minimum absolute atomic E-state index is 0.0918. The fourth-order valence-corrected chi connectivity index (χ4v) is 6.14. The van der Waals surface area contributed by atoms with E-state index in [0.29, 0.717) is 30.2 Å². The van der Waals surface area contributed by atoms with Crippen LogP contribution in [-0.2, 0) is 17.6 Å². The molecule has 4 N–H and O–H groups in total. The number of nitriles is 1. The zero-order valence-corrected chi connectivity index (χ0v) is 21.0. The van der Waals surface area contributed by atoms with E-state index in [1.165, 1.54) is 21.1 Å². The summed E-state index contributed by atoms with van der Waals surface area (Å²) in [4.78, 5) is 31.2. The second-order valence-electron chi connectivity index (χ2n) is 9.07. The van der Waals surface area contributed by atoms with Crippen molar-refractivity contribution in [2.24, 2.45) is 11.8 Å². The average molecular weight is 475 g/mol. The van der Waals surface area contributed by atoms with Crippen molar-refractivity contribution in [2.75, 3.05) is 45.0 Å². The first kappa shape index (κ1) is 25.5. The zero-order chi connectivity index (χ0) is 24.0. The number of piperidine rings is 1. The number of nitrogens with two attached hydrogens (primary N) is 1. The summed E-state index contributed by atoms with van der Waals surface area (Å²) in [6.45, 7) is 10.5. The number of fused-ring (bicyclic) bond motifs is 2. The lowest BCUT2D eigenvalue weighted by Gasteiger charge is -2.40. The van der Waals surface area contributed by atoms with Crippen molar-refractivity contribution in [2.45, 2.75) is 58.9 Å². The molecule has 0 bridgehead atoms. The van der Waals surface area contributed by atoms with Gasteiger partial charge in [-0.2, -0.15) is 5.26 Å². The predicted molar refractivity (Wildman–Crippen MR) is 132 cm³/mol. The lowest BCUT2D eigenvalue weighted by molar-refractivity contribution is -0.134. The molecule has 0 aromatic carbocycles. The lowest BCUT2D eigenvalue weighted by atomic mass is 9.75. The van der Waals surface area contributed by atoms with Gasteiger partial charge in [0.15, 0.2) is 0 Å². The molecular formula is C24H38N6O2S. The second-order valence-corrected chi connectivity index (χ2v) is 10.2. The molecule has 3 atom stereocenters. The fraction of sp³-hybridized carbons (Fsp3) is 0.708. The Bertz CT molecular complexity index is 875. The Morgan fingerprint density at radius 3 is 2.67 bits per heavy atom. The Morgan fingerprint density at radius 2 is 2.00 bits per heavy atom. The summed E-state index contributed by atoms with van der Waals surface area (Å²) in [6, 6.07) is 2.26. The average Bonchev–Trinajstić information content (AvgIpc) is 3.13. The number of hydrogen-bond acceptors (Lipinski definition) is 7. The van der Waals surface area contributed by atoms with Crippen molar-refractivity contribution in [1.29, 1.82) is 5.26 Å². The number of nitrogens with zero attached hydrogens (tertiary/aromatic N) is 3. The van der Waals surface area contributed by atoms with Gasteiger partial charge < -0.3 is 21.3 Å². The molecule has 0 saturated carbocycles. The maximum absolute atomic E-state index is 13.4. The van der Waals surface area contributed by atoms with Crippen molar-refractivity contribution < 1.29 is 9.59 Å². The number of rotatable bonds is 9. The maximum Gasteiger partial charge on any atom is 0.324 e. The molecule has 1 saturated heterocycles. The van der Waals surface area contributed by atoms with Crippen molar-refractivity contribution in [3.05, 3.63) is 16.0 Å². The van der Waals surface area contributed by atoms with Crippen molar-refractivity contribution in [3.63, 3.8) is 0 Å². The SMILES string of the molecule is CCCCN(C(=O)NCCN(CC)CC)C(=O)[C@H]1CN[C@@H]2Cc3sc(N)c(C#N)c3C[C@H]2C1. The second kappa shape index (κ2) is 11.8. The molecule has 0 unspecified atom stereocenters. The van der Waals surface area contributed by atoms with Crippen LogP contribution in [0.3, 0.4) is 0 Å². The molecule has 1 aromatic rings. The molecule has 8 nitrogen and oxygen atoms in total. The molecule has 2 heterocycles. The Hall–Kier alpha value is -2.15. The highest BCUT2D eigenvalue weighted by atomic mass is 32.1. The highest BCUT2D eigenvalue weighted by Crippen LogP contribution is 2.40. The minimum atomic E-state index is -0.286. The predicted octanol–water partition coefficient (Wildman–Crippen LogP) is 2.57. The third-order valence-electron chi connectivity index (χ3n) is 7.08. The highest BCUT2D eigenvalue weighted by molar-refractivity contribution is 7.16. The van der Waals surface area contributed by atoms with E-state index in [4.69, 9.17) is 5.73 Å². The number of carbonyl (C=O) groups is 2. The molecule has 3 rings (SSSR count). The number of hydrogen-bond donors (Lipinski definition) is 3. The van der Waals surface area contributed by atoms with Crippen LogP contribution in [0.2, 0.25) is 0 Å². The van der Waals surface area contributed by atoms with Crippen LogP contribution in [0.1, 0.15) is 56.0 Å². The van der Waals surface area contributed by atoms with Gasteiger partial charge in [-0.25, -0.2) is 4.79 Å². The molecule has 1 fully saturated rings. The molecular weight excluding hydrogens is 436 g/mol. The van der Waals surface area contributed by atoms with Crippen LogP contribution in [0.15, 0.2) is 0 Å². The Labute approximate surface area is 201 Å². The number of anilines is 1. The summed E-state index contributed by atoms with van der Waals surface area (Å²) in [5.74, 6) is -0.0642. The standard InChI is InChI=1S/C24H38N6O2S/c1-4-7-9-30(24(32)27-8-10-29(5-2)6-3)23(31)17-11-16-12-18-19(14-25)22(26)33-21(18)13-20(16)28-15-17/h16-17,20,28H,4-13,15,26H2,1-3H3,(H,27,32)/t16-,17-,20-/m1/s1. The van der Waals surface area contributed by atoms with Gasteiger partial charge in [-0.1, -0.05) is 27.2 Å². The fourth-order valence-electron chi connectivity index (χ4n) is 5.03. The number of imide groups is 1. The van der Waals surface area contributed by atoms with Crippen LogP contribution in [0.5, 0.6) is 0 Å². The molecule has 1 aliphatic carbocycles. The van der Waals surface area contributed by atoms with E-state index in [1.807, 2.05) is 0 Å². The molecule has 3 amide bonds. The van der Waals surface area contributed by atoms with E-state index in [0.717, 1.165) is 57.3 Å². The largest absolute Gasteiger partial charge is 0.389 e.